The van der Waals surface area contributed by atoms with E-state index in [2.05, 4.69) is 51.6 Å². The van der Waals surface area contributed by atoms with Gasteiger partial charge in [-0.05, 0) is 17.7 Å². The highest BCUT2D eigenvalue weighted by molar-refractivity contribution is 9.09. The number of aryl methyl sites for hydroxylation is 1. The van der Waals surface area contributed by atoms with Crippen LogP contribution in [0.15, 0.2) is 24.5 Å². The summed E-state index contributed by atoms with van der Waals surface area (Å²) in [6.07, 6.45) is 4.02. The summed E-state index contributed by atoms with van der Waals surface area (Å²) in [5.41, 5.74) is 2.55. The number of nitrogens with zero attached hydrogens (tertiary/aromatic N) is 2. The third-order valence-electron chi connectivity index (χ3n) is 2.80. The lowest BCUT2D eigenvalue weighted by Gasteiger charge is -2.20. The molecule has 0 radical (unpaired) electrons. The van der Waals surface area contributed by atoms with E-state index >= 15 is 0 Å². The summed E-state index contributed by atoms with van der Waals surface area (Å²) < 4.78 is 2.09. The molecule has 15 heavy (non-hydrogen) atoms. The lowest BCUT2D eigenvalue weighted by Crippen LogP contribution is -2.18. The first-order valence-electron chi connectivity index (χ1n) is 5.03. The molecule has 0 amide bonds. The summed E-state index contributed by atoms with van der Waals surface area (Å²) >= 11 is 3.57. The van der Waals surface area contributed by atoms with Crippen LogP contribution >= 0.6 is 15.9 Å². The standard InChI is InChI=1S/C12H15BrN2/c1-12(2,8-13)10-7-15(3)11-9(10)5-4-6-14-11/h4-7H,8H2,1-3H3. The third-order valence-corrected chi connectivity index (χ3v) is 4.20. The molecular weight excluding hydrogens is 252 g/mol. The van der Waals surface area contributed by atoms with E-state index in [4.69, 9.17) is 0 Å². The molecule has 0 aliphatic rings. The van der Waals surface area contributed by atoms with Gasteiger partial charge in [0.15, 0.2) is 0 Å². The monoisotopic (exact) mass is 266 g/mol. The summed E-state index contributed by atoms with van der Waals surface area (Å²) in [6.45, 7) is 4.48. The van der Waals surface area contributed by atoms with E-state index in [1.807, 2.05) is 19.3 Å². The molecule has 2 aromatic heterocycles. The van der Waals surface area contributed by atoms with E-state index in [0.717, 1.165) is 11.0 Å². The first kappa shape index (κ1) is 10.7. The molecule has 0 aromatic carbocycles. The Labute approximate surface area is 98.4 Å². The van der Waals surface area contributed by atoms with Crippen LogP contribution in [0.2, 0.25) is 0 Å². The van der Waals surface area contributed by atoms with Crippen molar-refractivity contribution in [2.24, 2.45) is 7.05 Å². The van der Waals surface area contributed by atoms with Gasteiger partial charge in [-0.1, -0.05) is 29.8 Å². The molecule has 0 bridgehead atoms. The van der Waals surface area contributed by atoms with Crippen molar-refractivity contribution in [2.75, 3.05) is 5.33 Å². The Morgan fingerprint density at radius 2 is 2.20 bits per heavy atom. The van der Waals surface area contributed by atoms with Gasteiger partial charge >= 0.3 is 0 Å². The maximum absolute atomic E-state index is 4.40. The fourth-order valence-electron chi connectivity index (χ4n) is 1.82. The number of halogens is 1. The van der Waals surface area contributed by atoms with E-state index in [1.165, 1.54) is 10.9 Å². The summed E-state index contributed by atoms with van der Waals surface area (Å²) in [7, 11) is 2.04. The molecule has 0 atom stereocenters. The number of aromatic nitrogens is 2. The van der Waals surface area contributed by atoms with Crippen LogP contribution in [0, 0.1) is 0 Å². The topological polar surface area (TPSA) is 17.8 Å². The first-order valence-corrected chi connectivity index (χ1v) is 6.15. The number of hydrogen-bond acceptors (Lipinski definition) is 1. The quantitative estimate of drug-likeness (QED) is 0.764. The van der Waals surface area contributed by atoms with Crippen molar-refractivity contribution in [2.45, 2.75) is 19.3 Å². The van der Waals surface area contributed by atoms with Gasteiger partial charge < -0.3 is 4.57 Å². The zero-order chi connectivity index (χ0) is 11.1. The Kier molecular flexibility index (Phi) is 2.59. The SMILES string of the molecule is Cn1cc(C(C)(C)CBr)c2cccnc21. The highest BCUT2D eigenvalue weighted by Crippen LogP contribution is 2.31. The van der Waals surface area contributed by atoms with Gasteiger partial charge in [0, 0.05) is 35.6 Å². The van der Waals surface area contributed by atoms with Crippen LogP contribution in [-0.4, -0.2) is 14.9 Å². The number of pyridine rings is 1. The third kappa shape index (κ3) is 1.69. The molecule has 0 aliphatic heterocycles. The van der Waals surface area contributed by atoms with Crippen molar-refractivity contribution in [3.05, 3.63) is 30.1 Å². The number of hydrogen-bond donors (Lipinski definition) is 0. The molecule has 2 rings (SSSR count). The van der Waals surface area contributed by atoms with Gasteiger partial charge in [-0.15, -0.1) is 0 Å². The van der Waals surface area contributed by atoms with E-state index in [0.29, 0.717) is 0 Å². The predicted molar refractivity (Wildman–Crippen MR) is 67.5 cm³/mol. The molecular formula is C12H15BrN2. The summed E-state index contributed by atoms with van der Waals surface area (Å²) in [5.74, 6) is 0. The molecule has 0 spiro atoms. The van der Waals surface area contributed by atoms with Crippen molar-refractivity contribution in [1.82, 2.24) is 9.55 Å². The number of rotatable bonds is 2. The Bertz CT molecular complexity index is 485. The predicted octanol–water partition coefficient (Wildman–Crippen LogP) is 3.25. The van der Waals surface area contributed by atoms with Crippen LogP contribution in [-0.2, 0) is 12.5 Å². The highest BCUT2D eigenvalue weighted by atomic mass is 79.9. The minimum absolute atomic E-state index is 0.141. The van der Waals surface area contributed by atoms with Crippen molar-refractivity contribution in [3.63, 3.8) is 0 Å². The summed E-state index contributed by atoms with van der Waals surface area (Å²) in [4.78, 5) is 4.40. The van der Waals surface area contributed by atoms with Gasteiger partial charge in [-0.3, -0.25) is 0 Å². The average Bonchev–Trinajstić information content (AvgIpc) is 2.58. The Morgan fingerprint density at radius 1 is 1.47 bits per heavy atom. The van der Waals surface area contributed by atoms with Crippen molar-refractivity contribution in [3.8, 4) is 0 Å². The van der Waals surface area contributed by atoms with E-state index < -0.39 is 0 Å². The fourth-order valence-corrected chi connectivity index (χ4v) is 2.13. The van der Waals surface area contributed by atoms with Crippen LogP contribution in [0.3, 0.4) is 0 Å². The molecule has 0 aliphatic carbocycles. The molecule has 2 nitrogen and oxygen atoms in total. The van der Waals surface area contributed by atoms with Gasteiger partial charge in [0.1, 0.15) is 5.65 Å². The first-order chi connectivity index (χ1) is 7.06. The zero-order valence-corrected chi connectivity index (χ0v) is 10.9. The fraction of sp³-hybridized carbons (Fsp3) is 0.417. The van der Waals surface area contributed by atoms with E-state index in [9.17, 15) is 0 Å². The van der Waals surface area contributed by atoms with Gasteiger partial charge in [-0.25, -0.2) is 4.98 Å². The lowest BCUT2D eigenvalue weighted by atomic mass is 9.87. The molecule has 2 aromatic rings. The van der Waals surface area contributed by atoms with E-state index in [1.54, 1.807) is 0 Å². The van der Waals surface area contributed by atoms with Gasteiger partial charge in [0.05, 0.1) is 0 Å². The average molecular weight is 267 g/mol. The highest BCUT2D eigenvalue weighted by Gasteiger charge is 2.23. The van der Waals surface area contributed by atoms with Gasteiger partial charge in [0.2, 0.25) is 0 Å². The second kappa shape index (κ2) is 3.63. The maximum Gasteiger partial charge on any atom is 0.139 e. The Morgan fingerprint density at radius 3 is 2.87 bits per heavy atom. The van der Waals surface area contributed by atoms with Crippen LogP contribution in [0.5, 0.6) is 0 Å². The van der Waals surface area contributed by atoms with Crippen molar-refractivity contribution < 1.29 is 0 Å². The minimum Gasteiger partial charge on any atom is -0.335 e. The molecule has 3 heteroatoms. The lowest BCUT2D eigenvalue weighted by molar-refractivity contribution is 0.610. The molecule has 2 heterocycles. The van der Waals surface area contributed by atoms with Crippen molar-refractivity contribution in [1.29, 1.82) is 0 Å². The summed E-state index contributed by atoms with van der Waals surface area (Å²) in [5, 5.41) is 2.21. The Hall–Kier alpha value is -0.830. The van der Waals surface area contributed by atoms with Gasteiger partial charge in [0.25, 0.3) is 0 Å². The zero-order valence-electron chi connectivity index (χ0n) is 9.29. The van der Waals surface area contributed by atoms with Crippen LogP contribution < -0.4 is 0 Å². The number of fused-ring (bicyclic) bond motifs is 1. The Balaban J connectivity index is 2.72. The second-order valence-corrected chi connectivity index (χ2v) is 5.11. The smallest absolute Gasteiger partial charge is 0.139 e. The second-order valence-electron chi connectivity index (χ2n) is 4.55. The van der Waals surface area contributed by atoms with Crippen LogP contribution in [0.25, 0.3) is 11.0 Å². The normalized spacial score (nSPS) is 12.3. The summed E-state index contributed by atoms with van der Waals surface area (Å²) in [6, 6.07) is 4.14. The number of alkyl halides is 1. The molecule has 0 saturated carbocycles. The largest absolute Gasteiger partial charge is 0.335 e. The van der Waals surface area contributed by atoms with Crippen molar-refractivity contribution >= 4 is 27.0 Å². The molecule has 0 N–H and O–H groups in total. The van der Waals surface area contributed by atoms with Crippen LogP contribution in [0.1, 0.15) is 19.4 Å². The maximum atomic E-state index is 4.40. The molecule has 0 saturated heterocycles. The van der Waals surface area contributed by atoms with Crippen LogP contribution in [0.4, 0.5) is 0 Å². The van der Waals surface area contributed by atoms with E-state index in [-0.39, 0.29) is 5.41 Å². The molecule has 0 fully saturated rings. The minimum atomic E-state index is 0.141. The van der Waals surface area contributed by atoms with Gasteiger partial charge in [-0.2, -0.15) is 0 Å². The molecule has 0 unspecified atom stereocenters. The molecule has 80 valence electrons.